The van der Waals surface area contributed by atoms with E-state index in [4.69, 9.17) is 23.8 Å². The van der Waals surface area contributed by atoms with Gasteiger partial charge in [0.15, 0.2) is 4.77 Å². The molecule has 1 N–H and O–H groups in total. The van der Waals surface area contributed by atoms with Gasteiger partial charge in [0.05, 0.1) is 11.2 Å². The first-order valence-electron chi connectivity index (χ1n) is 5.95. The Bertz CT molecular complexity index is 570. The molecule has 5 nitrogen and oxygen atoms in total. The first kappa shape index (κ1) is 13.3. The molecule has 0 unspecified atom stereocenters. The summed E-state index contributed by atoms with van der Waals surface area (Å²) < 4.78 is 4.56. The number of rotatable bonds is 5. The van der Waals surface area contributed by atoms with Gasteiger partial charge in [0, 0.05) is 25.2 Å². The van der Waals surface area contributed by atoms with Gasteiger partial charge in [0.2, 0.25) is 0 Å². The summed E-state index contributed by atoms with van der Waals surface area (Å²) >= 11 is 11.1. The summed E-state index contributed by atoms with van der Waals surface area (Å²) in [5.41, 5.74) is 0. The molecule has 0 saturated heterocycles. The molecule has 0 bridgehead atoms. The highest BCUT2D eigenvalue weighted by atomic mass is 35.5. The molecule has 2 rings (SSSR count). The second-order valence-corrected chi connectivity index (χ2v) is 5.07. The molecule has 1 atom stereocenters. The van der Waals surface area contributed by atoms with E-state index in [-0.39, 0.29) is 0 Å². The van der Waals surface area contributed by atoms with Crippen molar-refractivity contribution in [2.45, 2.75) is 39.3 Å². The van der Waals surface area contributed by atoms with Crippen molar-refractivity contribution in [2.24, 2.45) is 0 Å². The second-order valence-electron chi connectivity index (χ2n) is 4.24. The van der Waals surface area contributed by atoms with E-state index in [1.165, 1.54) is 0 Å². The standard InChI is InChI=1S/C11H16ClN5S/c1-3-8(2)17-10(14-15-11(17)18)4-5-16-7-9(12)6-13-16/h6-8H,3-5H2,1-2H3,(H,15,18)/t8-/m1/s1. The zero-order valence-corrected chi connectivity index (χ0v) is 12.0. The number of halogens is 1. The van der Waals surface area contributed by atoms with Crippen molar-refractivity contribution in [3.63, 3.8) is 0 Å². The van der Waals surface area contributed by atoms with Crippen LogP contribution in [-0.4, -0.2) is 24.5 Å². The van der Waals surface area contributed by atoms with Gasteiger partial charge in [0.1, 0.15) is 5.82 Å². The Labute approximate surface area is 116 Å². The summed E-state index contributed by atoms with van der Waals surface area (Å²) in [5, 5.41) is 11.9. The fraction of sp³-hybridized carbons (Fsp3) is 0.545. The third-order valence-corrected chi connectivity index (χ3v) is 3.46. The molecule has 2 aromatic heterocycles. The maximum absolute atomic E-state index is 5.82. The quantitative estimate of drug-likeness (QED) is 0.859. The Balaban J connectivity index is 2.12. The van der Waals surface area contributed by atoms with E-state index < -0.39 is 0 Å². The first-order valence-corrected chi connectivity index (χ1v) is 6.74. The lowest BCUT2D eigenvalue weighted by atomic mass is 10.2. The van der Waals surface area contributed by atoms with Crippen LogP contribution >= 0.6 is 23.8 Å². The topological polar surface area (TPSA) is 51.4 Å². The first-order chi connectivity index (χ1) is 8.61. The fourth-order valence-electron chi connectivity index (χ4n) is 1.83. The highest BCUT2D eigenvalue weighted by Gasteiger charge is 2.11. The number of nitrogens with one attached hydrogen (secondary N) is 1. The predicted octanol–water partition coefficient (Wildman–Crippen LogP) is 3.00. The van der Waals surface area contributed by atoms with Crippen molar-refractivity contribution < 1.29 is 0 Å². The molecule has 0 saturated carbocycles. The molecular formula is C11H16ClN5S. The van der Waals surface area contributed by atoms with Gasteiger partial charge in [-0.25, -0.2) is 0 Å². The van der Waals surface area contributed by atoms with E-state index in [0.717, 1.165) is 25.2 Å². The minimum Gasteiger partial charge on any atom is -0.301 e. The molecule has 0 aliphatic rings. The lowest BCUT2D eigenvalue weighted by Crippen LogP contribution is -2.11. The van der Waals surface area contributed by atoms with Gasteiger partial charge in [-0.2, -0.15) is 10.2 Å². The highest BCUT2D eigenvalue weighted by molar-refractivity contribution is 7.71. The minimum atomic E-state index is 0.354. The van der Waals surface area contributed by atoms with Gasteiger partial charge in [0.25, 0.3) is 0 Å². The number of hydrogen-bond acceptors (Lipinski definition) is 3. The van der Waals surface area contributed by atoms with E-state index in [1.807, 2.05) is 0 Å². The minimum absolute atomic E-state index is 0.354. The molecule has 0 aromatic carbocycles. The van der Waals surface area contributed by atoms with Gasteiger partial charge >= 0.3 is 0 Å². The van der Waals surface area contributed by atoms with Crippen LogP contribution in [0.1, 0.15) is 32.1 Å². The largest absolute Gasteiger partial charge is 0.301 e. The normalized spacial score (nSPS) is 12.8. The van der Waals surface area contributed by atoms with Gasteiger partial charge in [-0.15, -0.1) is 0 Å². The summed E-state index contributed by atoms with van der Waals surface area (Å²) in [4.78, 5) is 0. The lowest BCUT2D eigenvalue weighted by Gasteiger charge is -2.13. The maximum Gasteiger partial charge on any atom is 0.195 e. The van der Waals surface area contributed by atoms with E-state index in [2.05, 4.69) is 33.7 Å². The molecule has 0 aliphatic carbocycles. The fourth-order valence-corrected chi connectivity index (χ4v) is 2.31. The van der Waals surface area contributed by atoms with Crippen molar-refractivity contribution in [2.75, 3.05) is 0 Å². The average Bonchev–Trinajstić information content (AvgIpc) is 2.92. The summed E-state index contributed by atoms with van der Waals surface area (Å²) in [5.74, 6) is 0.959. The van der Waals surface area contributed by atoms with Crippen molar-refractivity contribution in [3.05, 3.63) is 28.0 Å². The SMILES string of the molecule is CC[C@@H](C)n1c(CCn2cc(Cl)cn2)n[nH]c1=S. The van der Waals surface area contributed by atoms with Crippen LogP contribution in [0, 0.1) is 4.77 Å². The van der Waals surface area contributed by atoms with E-state index in [0.29, 0.717) is 15.8 Å². The van der Waals surface area contributed by atoms with Gasteiger partial charge < -0.3 is 4.57 Å². The third kappa shape index (κ3) is 2.81. The van der Waals surface area contributed by atoms with E-state index in [9.17, 15) is 0 Å². The number of aromatic nitrogens is 5. The van der Waals surface area contributed by atoms with Crippen LogP contribution < -0.4 is 0 Å². The summed E-state index contributed by atoms with van der Waals surface area (Å²) in [6.07, 6.45) is 5.23. The van der Waals surface area contributed by atoms with Crippen molar-refractivity contribution in [3.8, 4) is 0 Å². The predicted molar refractivity (Wildman–Crippen MR) is 73.4 cm³/mol. The zero-order valence-electron chi connectivity index (χ0n) is 10.4. The van der Waals surface area contributed by atoms with E-state index >= 15 is 0 Å². The molecule has 0 fully saturated rings. The number of H-pyrrole nitrogens is 1. The Morgan fingerprint density at radius 3 is 2.94 bits per heavy atom. The van der Waals surface area contributed by atoms with Crippen LogP contribution in [0.5, 0.6) is 0 Å². The second kappa shape index (κ2) is 5.67. The van der Waals surface area contributed by atoms with Gasteiger partial charge in [-0.1, -0.05) is 18.5 Å². The Morgan fingerprint density at radius 2 is 2.33 bits per heavy atom. The average molecular weight is 286 g/mol. The molecule has 2 aromatic rings. The van der Waals surface area contributed by atoms with E-state index in [1.54, 1.807) is 17.1 Å². The molecule has 0 aliphatic heterocycles. The summed E-state index contributed by atoms with van der Waals surface area (Å²) in [6, 6.07) is 0.354. The summed E-state index contributed by atoms with van der Waals surface area (Å²) in [6.45, 7) is 5.01. The Morgan fingerprint density at radius 1 is 1.56 bits per heavy atom. The monoisotopic (exact) mass is 285 g/mol. The van der Waals surface area contributed by atoms with Crippen LogP contribution in [0.15, 0.2) is 12.4 Å². The molecule has 0 amide bonds. The van der Waals surface area contributed by atoms with Crippen LogP contribution in [0.25, 0.3) is 0 Å². The summed E-state index contributed by atoms with van der Waals surface area (Å²) in [7, 11) is 0. The third-order valence-electron chi connectivity index (χ3n) is 2.98. The maximum atomic E-state index is 5.82. The molecule has 0 radical (unpaired) electrons. The number of aryl methyl sites for hydroxylation is 2. The molecule has 0 spiro atoms. The van der Waals surface area contributed by atoms with Crippen LogP contribution in [0.4, 0.5) is 0 Å². The van der Waals surface area contributed by atoms with Crippen molar-refractivity contribution in [1.82, 2.24) is 24.5 Å². The highest BCUT2D eigenvalue weighted by Crippen LogP contribution is 2.14. The van der Waals surface area contributed by atoms with Crippen molar-refractivity contribution in [1.29, 1.82) is 0 Å². The van der Waals surface area contributed by atoms with Crippen LogP contribution in [0.3, 0.4) is 0 Å². The Hall–Kier alpha value is -1.14. The lowest BCUT2D eigenvalue weighted by molar-refractivity contribution is 0.488. The number of aromatic amines is 1. The molecule has 18 heavy (non-hydrogen) atoms. The van der Waals surface area contributed by atoms with Crippen LogP contribution in [0.2, 0.25) is 5.02 Å². The number of nitrogens with zero attached hydrogens (tertiary/aromatic N) is 4. The van der Waals surface area contributed by atoms with Gasteiger partial charge in [-0.3, -0.25) is 9.78 Å². The number of hydrogen-bond donors (Lipinski definition) is 1. The zero-order chi connectivity index (χ0) is 13.1. The molecule has 2 heterocycles. The molecule has 7 heteroatoms. The smallest absolute Gasteiger partial charge is 0.195 e. The van der Waals surface area contributed by atoms with Crippen LogP contribution in [-0.2, 0) is 13.0 Å². The molecular weight excluding hydrogens is 270 g/mol. The van der Waals surface area contributed by atoms with Gasteiger partial charge in [-0.05, 0) is 25.6 Å². The Kier molecular flexibility index (Phi) is 4.19. The molecule has 98 valence electrons. The van der Waals surface area contributed by atoms with Crippen molar-refractivity contribution >= 4 is 23.8 Å².